The van der Waals surface area contributed by atoms with Gasteiger partial charge in [-0.05, 0) is 25.0 Å². The molecular weight excluding hydrogens is 278 g/mol. The highest BCUT2D eigenvalue weighted by atomic mass is 16.2. The molecule has 1 heterocycles. The van der Waals surface area contributed by atoms with Crippen LogP contribution < -0.4 is 5.73 Å². The Morgan fingerprint density at radius 3 is 2.55 bits per heavy atom. The predicted octanol–water partition coefficient (Wildman–Crippen LogP) is 1.03. The van der Waals surface area contributed by atoms with E-state index in [-0.39, 0.29) is 18.4 Å². The third kappa shape index (κ3) is 5.00. The van der Waals surface area contributed by atoms with Crippen LogP contribution in [-0.4, -0.2) is 54.3 Å². The fourth-order valence-electron chi connectivity index (χ4n) is 2.52. The second kappa shape index (κ2) is 7.75. The highest BCUT2D eigenvalue weighted by molar-refractivity contribution is 5.91. The Labute approximate surface area is 131 Å². The van der Waals surface area contributed by atoms with Gasteiger partial charge in [-0.3, -0.25) is 14.5 Å². The van der Waals surface area contributed by atoms with E-state index in [4.69, 9.17) is 5.73 Å². The number of aryl methyl sites for hydroxylation is 1. The van der Waals surface area contributed by atoms with Gasteiger partial charge in [-0.2, -0.15) is 0 Å². The molecule has 118 valence electrons. The molecule has 0 aromatic heterocycles. The molecule has 1 saturated heterocycles. The van der Waals surface area contributed by atoms with Crippen LogP contribution in [-0.2, 0) is 9.59 Å². The molecular formula is C17H23N3O2. The summed E-state index contributed by atoms with van der Waals surface area (Å²) in [5.41, 5.74) is 7.44. The van der Waals surface area contributed by atoms with E-state index in [9.17, 15) is 9.59 Å². The zero-order valence-corrected chi connectivity index (χ0v) is 13.0. The molecule has 0 spiro atoms. The monoisotopic (exact) mass is 301 g/mol. The molecule has 1 aliphatic rings. The van der Waals surface area contributed by atoms with Crippen molar-refractivity contribution in [1.82, 2.24) is 9.80 Å². The summed E-state index contributed by atoms with van der Waals surface area (Å²) in [5.74, 6) is -0.305. The lowest BCUT2D eigenvalue weighted by Gasteiger charge is -2.19. The molecule has 0 radical (unpaired) electrons. The minimum Gasteiger partial charge on any atom is -0.369 e. The first-order valence-electron chi connectivity index (χ1n) is 7.59. The molecule has 22 heavy (non-hydrogen) atoms. The maximum absolute atomic E-state index is 12.2. The van der Waals surface area contributed by atoms with Crippen LogP contribution in [0, 0.1) is 6.92 Å². The SMILES string of the molecule is Cc1ccc(C=CC(=O)N2CCCN(CC(N)=O)CC2)cc1. The molecule has 2 amide bonds. The standard InChI is InChI=1S/C17H23N3O2/c1-14-3-5-15(6-4-14)7-8-17(22)20-10-2-9-19(11-12-20)13-16(18)21/h3-8H,2,9-13H2,1H3,(H2,18,21). The average Bonchev–Trinajstić information content (AvgIpc) is 2.71. The maximum Gasteiger partial charge on any atom is 0.246 e. The lowest BCUT2D eigenvalue weighted by molar-refractivity contribution is -0.125. The van der Waals surface area contributed by atoms with E-state index >= 15 is 0 Å². The van der Waals surface area contributed by atoms with E-state index in [2.05, 4.69) is 0 Å². The Morgan fingerprint density at radius 1 is 1.14 bits per heavy atom. The predicted molar refractivity (Wildman–Crippen MR) is 87.0 cm³/mol. The minimum atomic E-state index is -0.320. The van der Waals surface area contributed by atoms with E-state index in [1.807, 2.05) is 47.1 Å². The smallest absolute Gasteiger partial charge is 0.246 e. The summed E-state index contributed by atoms with van der Waals surface area (Å²) in [5, 5.41) is 0. The molecule has 5 nitrogen and oxygen atoms in total. The number of hydrogen-bond acceptors (Lipinski definition) is 3. The Hall–Kier alpha value is -2.14. The van der Waals surface area contributed by atoms with Gasteiger partial charge in [0, 0.05) is 32.3 Å². The minimum absolute atomic E-state index is 0.0153. The molecule has 0 atom stereocenters. The van der Waals surface area contributed by atoms with E-state index in [0.29, 0.717) is 19.6 Å². The van der Waals surface area contributed by atoms with Gasteiger partial charge in [0.1, 0.15) is 0 Å². The molecule has 0 saturated carbocycles. The number of nitrogens with two attached hydrogens (primary N) is 1. The molecule has 1 aromatic rings. The van der Waals surface area contributed by atoms with E-state index in [1.54, 1.807) is 6.08 Å². The van der Waals surface area contributed by atoms with Crippen molar-refractivity contribution in [1.29, 1.82) is 0 Å². The first-order chi connectivity index (χ1) is 10.5. The topological polar surface area (TPSA) is 66.6 Å². The Kier molecular flexibility index (Phi) is 5.72. The van der Waals surface area contributed by atoms with Crippen molar-refractivity contribution in [2.24, 2.45) is 5.73 Å². The van der Waals surface area contributed by atoms with E-state index in [0.717, 1.165) is 18.5 Å². The summed E-state index contributed by atoms with van der Waals surface area (Å²) in [4.78, 5) is 27.0. The fraction of sp³-hybridized carbons (Fsp3) is 0.412. The van der Waals surface area contributed by atoms with Gasteiger partial charge in [0.2, 0.25) is 11.8 Å². The molecule has 0 unspecified atom stereocenters. The average molecular weight is 301 g/mol. The Morgan fingerprint density at radius 2 is 1.86 bits per heavy atom. The number of hydrogen-bond donors (Lipinski definition) is 1. The Bertz CT molecular complexity index is 552. The summed E-state index contributed by atoms with van der Waals surface area (Å²) >= 11 is 0. The number of rotatable bonds is 4. The van der Waals surface area contributed by atoms with Crippen LogP contribution in [0.3, 0.4) is 0 Å². The van der Waals surface area contributed by atoms with Gasteiger partial charge in [0.25, 0.3) is 0 Å². The highest BCUT2D eigenvalue weighted by Gasteiger charge is 2.18. The maximum atomic E-state index is 12.2. The first kappa shape index (κ1) is 16.2. The van der Waals surface area contributed by atoms with Gasteiger partial charge in [0.15, 0.2) is 0 Å². The summed E-state index contributed by atoms with van der Waals surface area (Å²) in [6, 6.07) is 8.04. The normalized spacial score (nSPS) is 16.7. The van der Waals surface area contributed by atoms with Gasteiger partial charge in [0.05, 0.1) is 6.54 Å². The van der Waals surface area contributed by atoms with Crippen LogP contribution in [0.4, 0.5) is 0 Å². The molecule has 0 bridgehead atoms. The molecule has 1 aromatic carbocycles. The molecule has 2 rings (SSSR count). The molecule has 5 heteroatoms. The number of nitrogens with zero attached hydrogens (tertiary/aromatic N) is 2. The van der Waals surface area contributed by atoms with Gasteiger partial charge in [-0.25, -0.2) is 0 Å². The molecule has 0 aliphatic carbocycles. The number of carbonyl (C=O) groups excluding carboxylic acids is 2. The molecule has 1 fully saturated rings. The van der Waals surface area contributed by atoms with Crippen molar-refractivity contribution in [2.45, 2.75) is 13.3 Å². The third-order valence-corrected chi connectivity index (χ3v) is 3.78. The van der Waals surface area contributed by atoms with Crippen molar-refractivity contribution in [3.05, 3.63) is 41.5 Å². The zero-order chi connectivity index (χ0) is 15.9. The van der Waals surface area contributed by atoms with Crippen molar-refractivity contribution in [3.63, 3.8) is 0 Å². The summed E-state index contributed by atoms with van der Waals surface area (Å²) < 4.78 is 0. The van der Waals surface area contributed by atoms with Crippen LogP contribution >= 0.6 is 0 Å². The third-order valence-electron chi connectivity index (χ3n) is 3.78. The number of benzene rings is 1. The Balaban J connectivity index is 1.89. The quantitative estimate of drug-likeness (QED) is 0.845. The molecule has 2 N–H and O–H groups in total. The van der Waals surface area contributed by atoms with Crippen LogP contribution in [0.2, 0.25) is 0 Å². The van der Waals surface area contributed by atoms with Crippen molar-refractivity contribution < 1.29 is 9.59 Å². The van der Waals surface area contributed by atoms with Crippen LogP contribution in [0.15, 0.2) is 30.3 Å². The van der Waals surface area contributed by atoms with Gasteiger partial charge >= 0.3 is 0 Å². The summed E-state index contributed by atoms with van der Waals surface area (Å²) in [7, 11) is 0. The van der Waals surface area contributed by atoms with Crippen LogP contribution in [0.25, 0.3) is 6.08 Å². The number of amides is 2. The lowest BCUT2D eigenvalue weighted by atomic mass is 10.1. The number of primary amides is 1. The highest BCUT2D eigenvalue weighted by Crippen LogP contribution is 2.07. The van der Waals surface area contributed by atoms with Crippen molar-refractivity contribution in [2.75, 3.05) is 32.7 Å². The second-order valence-electron chi connectivity index (χ2n) is 5.67. The van der Waals surface area contributed by atoms with Gasteiger partial charge in [-0.15, -0.1) is 0 Å². The van der Waals surface area contributed by atoms with Crippen molar-refractivity contribution in [3.8, 4) is 0 Å². The van der Waals surface area contributed by atoms with Crippen LogP contribution in [0.1, 0.15) is 17.5 Å². The van der Waals surface area contributed by atoms with E-state index < -0.39 is 0 Å². The van der Waals surface area contributed by atoms with E-state index in [1.165, 1.54) is 5.56 Å². The number of carbonyl (C=O) groups is 2. The van der Waals surface area contributed by atoms with Gasteiger partial charge in [-0.1, -0.05) is 29.8 Å². The second-order valence-corrected chi connectivity index (χ2v) is 5.67. The summed E-state index contributed by atoms with van der Waals surface area (Å²) in [6.07, 6.45) is 4.32. The lowest BCUT2D eigenvalue weighted by Crippen LogP contribution is -2.37. The fourth-order valence-corrected chi connectivity index (χ4v) is 2.52. The van der Waals surface area contributed by atoms with Crippen LogP contribution in [0.5, 0.6) is 0 Å². The van der Waals surface area contributed by atoms with Crippen molar-refractivity contribution >= 4 is 17.9 Å². The molecule has 1 aliphatic heterocycles. The first-order valence-corrected chi connectivity index (χ1v) is 7.59. The largest absolute Gasteiger partial charge is 0.369 e. The summed E-state index contributed by atoms with van der Waals surface area (Å²) in [6.45, 7) is 5.13. The zero-order valence-electron chi connectivity index (χ0n) is 13.0. The van der Waals surface area contributed by atoms with Gasteiger partial charge < -0.3 is 10.6 Å².